The van der Waals surface area contributed by atoms with Crippen LogP contribution in [0.5, 0.6) is 0 Å². The predicted molar refractivity (Wildman–Crippen MR) is 64.8 cm³/mol. The Morgan fingerprint density at radius 2 is 1.94 bits per heavy atom. The number of rotatable bonds is 6. The van der Waals surface area contributed by atoms with Gasteiger partial charge in [-0.3, -0.25) is 0 Å². The topological polar surface area (TPSA) is 97.1 Å². The van der Waals surface area contributed by atoms with Crippen LogP contribution in [0.4, 0.5) is 20.4 Å². The van der Waals surface area contributed by atoms with Gasteiger partial charge in [0, 0.05) is 19.7 Å². The van der Waals surface area contributed by atoms with Crippen LogP contribution >= 0.6 is 0 Å². The number of nitrogens with two attached hydrogens (primary N) is 1. The maximum Gasteiger partial charge on any atom is 0.209 e. The van der Waals surface area contributed by atoms with Gasteiger partial charge in [-0.25, -0.2) is 27.3 Å². The van der Waals surface area contributed by atoms with Crippen molar-refractivity contribution in [1.29, 1.82) is 0 Å². The summed E-state index contributed by atoms with van der Waals surface area (Å²) in [6.07, 6.45) is 0.201. The summed E-state index contributed by atoms with van der Waals surface area (Å²) in [6, 6.07) is 0.695. The fraction of sp³-hybridized carbons (Fsp3) is 0.444. The third kappa shape index (κ3) is 4.41. The average molecular weight is 280 g/mol. The Kier molecular flexibility index (Phi) is 4.79. The van der Waals surface area contributed by atoms with E-state index in [1.54, 1.807) is 0 Å². The summed E-state index contributed by atoms with van der Waals surface area (Å²) >= 11 is 0. The van der Waals surface area contributed by atoms with Gasteiger partial charge >= 0.3 is 0 Å². The summed E-state index contributed by atoms with van der Waals surface area (Å²) in [6.45, 7) is 0.162. The summed E-state index contributed by atoms with van der Waals surface area (Å²) in [5.74, 6) is -2.10. The van der Waals surface area contributed by atoms with Crippen molar-refractivity contribution in [1.82, 2.24) is 4.98 Å². The standard InChI is InChI=1S/C9H14F2N4O2S/c1-13-8-6(10)5-7(11)9(15-8)14-3-2-4-18(12,16)17/h5H,2-4H2,1H3,(H2,12,16,17)(H2,13,14,15). The summed E-state index contributed by atoms with van der Waals surface area (Å²) in [4.78, 5) is 3.67. The smallest absolute Gasteiger partial charge is 0.209 e. The number of hydrogen-bond acceptors (Lipinski definition) is 5. The number of sulfonamides is 1. The van der Waals surface area contributed by atoms with Crippen LogP contribution in [0.15, 0.2) is 6.07 Å². The number of primary sulfonamides is 1. The second-order valence-electron chi connectivity index (χ2n) is 3.55. The van der Waals surface area contributed by atoms with E-state index in [9.17, 15) is 17.2 Å². The molecule has 0 spiro atoms. The number of anilines is 2. The van der Waals surface area contributed by atoms with Crippen molar-refractivity contribution >= 4 is 21.7 Å². The van der Waals surface area contributed by atoms with Gasteiger partial charge in [-0.2, -0.15) is 0 Å². The summed E-state index contributed by atoms with van der Waals surface area (Å²) in [5.41, 5.74) is 0. The van der Waals surface area contributed by atoms with Crippen LogP contribution in [0.2, 0.25) is 0 Å². The van der Waals surface area contributed by atoms with Crippen molar-refractivity contribution in [2.75, 3.05) is 30.0 Å². The van der Waals surface area contributed by atoms with Crippen molar-refractivity contribution in [2.24, 2.45) is 5.14 Å². The molecule has 0 unspecified atom stereocenters. The highest BCUT2D eigenvalue weighted by Crippen LogP contribution is 2.18. The number of hydrogen-bond donors (Lipinski definition) is 3. The van der Waals surface area contributed by atoms with E-state index in [1.807, 2.05) is 0 Å². The predicted octanol–water partition coefficient (Wildman–Crippen LogP) is 0.492. The molecule has 1 heterocycles. The van der Waals surface area contributed by atoms with E-state index in [2.05, 4.69) is 15.6 Å². The maximum atomic E-state index is 13.3. The monoisotopic (exact) mass is 280 g/mol. The molecule has 0 fully saturated rings. The Hall–Kier alpha value is -1.48. The van der Waals surface area contributed by atoms with Crippen LogP contribution in [0.25, 0.3) is 0 Å². The molecule has 18 heavy (non-hydrogen) atoms. The highest BCUT2D eigenvalue weighted by atomic mass is 32.2. The first-order valence-electron chi connectivity index (χ1n) is 5.11. The van der Waals surface area contributed by atoms with Crippen LogP contribution in [0.1, 0.15) is 6.42 Å². The number of halogens is 2. The Labute approximate surface area is 104 Å². The molecular formula is C9H14F2N4O2S. The maximum absolute atomic E-state index is 13.3. The van der Waals surface area contributed by atoms with E-state index in [4.69, 9.17) is 5.14 Å². The van der Waals surface area contributed by atoms with Gasteiger partial charge in [0.25, 0.3) is 0 Å². The van der Waals surface area contributed by atoms with Crippen molar-refractivity contribution in [3.63, 3.8) is 0 Å². The lowest BCUT2D eigenvalue weighted by Crippen LogP contribution is -2.19. The minimum absolute atomic E-state index is 0.0923. The molecule has 6 nitrogen and oxygen atoms in total. The van der Waals surface area contributed by atoms with Crippen molar-refractivity contribution in [3.05, 3.63) is 17.7 Å². The van der Waals surface area contributed by atoms with Gasteiger partial charge in [0.05, 0.1) is 5.75 Å². The van der Waals surface area contributed by atoms with E-state index >= 15 is 0 Å². The van der Waals surface area contributed by atoms with Gasteiger partial charge < -0.3 is 10.6 Å². The van der Waals surface area contributed by atoms with Crippen LogP contribution in [-0.2, 0) is 10.0 Å². The molecule has 4 N–H and O–H groups in total. The first-order valence-corrected chi connectivity index (χ1v) is 6.83. The molecule has 0 bridgehead atoms. The Morgan fingerprint density at radius 3 is 2.50 bits per heavy atom. The molecule has 0 aromatic carbocycles. The third-order valence-electron chi connectivity index (χ3n) is 2.06. The minimum Gasteiger partial charge on any atom is -0.371 e. The fourth-order valence-corrected chi connectivity index (χ4v) is 1.79. The van der Waals surface area contributed by atoms with Crippen LogP contribution < -0.4 is 15.8 Å². The quantitative estimate of drug-likeness (QED) is 0.659. The molecule has 0 saturated carbocycles. The number of aromatic nitrogens is 1. The Bertz CT molecular complexity index is 522. The largest absolute Gasteiger partial charge is 0.371 e. The first kappa shape index (κ1) is 14.6. The van der Waals surface area contributed by atoms with E-state index in [-0.39, 0.29) is 30.4 Å². The molecule has 1 aromatic rings. The van der Waals surface area contributed by atoms with Gasteiger partial charge in [-0.15, -0.1) is 0 Å². The molecule has 0 atom stereocenters. The van der Waals surface area contributed by atoms with E-state index in [0.29, 0.717) is 6.07 Å². The van der Waals surface area contributed by atoms with Crippen molar-refractivity contribution in [3.8, 4) is 0 Å². The van der Waals surface area contributed by atoms with Gasteiger partial charge in [0.2, 0.25) is 10.0 Å². The average Bonchev–Trinajstić information content (AvgIpc) is 2.25. The highest BCUT2D eigenvalue weighted by molar-refractivity contribution is 7.89. The number of pyridine rings is 1. The zero-order chi connectivity index (χ0) is 13.8. The minimum atomic E-state index is -3.53. The van der Waals surface area contributed by atoms with Gasteiger partial charge in [-0.05, 0) is 6.42 Å². The molecule has 0 aliphatic carbocycles. The van der Waals surface area contributed by atoms with E-state index in [1.165, 1.54) is 7.05 Å². The van der Waals surface area contributed by atoms with Crippen LogP contribution in [-0.4, -0.2) is 32.7 Å². The van der Waals surface area contributed by atoms with Gasteiger partial charge in [-0.1, -0.05) is 0 Å². The molecular weight excluding hydrogens is 266 g/mol. The van der Waals surface area contributed by atoms with Gasteiger partial charge in [0.15, 0.2) is 23.3 Å². The first-order chi connectivity index (χ1) is 8.33. The molecule has 0 aliphatic heterocycles. The second kappa shape index (κ2) is 5.91. The molecule has 1 rings (SSSR count). The second-order valence-corrected chi connectivity index (χ2v) is 5.28. The fourth-order valence-electron chi connectivity index (χ4n) is 1.25. The Balaban J connectivity index is 2.62. The van der Waals surface area contributed by atoms with E-state index in [0.717, 1.165) is 0 Å². The zero-order valence-electron chi connectivity index (χ0n) is 9.70. The van der Waals surface area contributed by atoms with Crippen LogP contribution in [0, 0.1) is 11.6 Å². The molecule has 102 valence electrons. The summed E-state index contributed by atoms with van der Waals surface area (Å²) < 4.78 is 47.7. The number of nitrogens with zero attached hydrogens (tertiary/aromatic N) is 1. The lowest BCUT2D eigenvalue weighted by molar-refractivity contribution is 0.578. The summed E-state index contributed by atoms with van der Waals surface area (Å²) in [7, 11) is -2.08. The summed E-state index contributed by atoms with van der Waals surface area (Å²) in [5, 5.41) is 9.85. The lowest BCUT2D eigenvalue weighted by atomic mass is 10.4. The Morgan fingerprint density at radius 1 is 1.33 bits per heavy atom. The van der Waals surface area contributed by atoms with E-state index < -0.39 is 21.7 Å². The SMILES string of the molecule is CNc1nc(NCCCS(N)(=O)=O)c(F)cc1F. The lowest BCUT2D eigenvalue weighted by Gasteiger charge is -2.09. The molecule has 0 amide bonds. The molecule has 1 aromatic heterocycles. The molecule has 0 radical (unpaired) electrons. The molecule has 0 saturated heterocycles. The third-order valence-corrected chi connectivity index (χ3v) is 2.92. The van der Waals surface area contributed by atoms with Crippen LogP contribution in [0.3, 0.4) is 0 Å². The van der Waals surface area contributed by atoms with Crippen molar-refractivity contribution < 1.29 is 17.2 Å². The molecule has 9 heteroatoms. The van der Waals surface area contributed by atoms with Crippen molar-refractivity contribution in [2.45, 2.75) is 6.42 Å². The van der Waals surface area contributed by atoms with Gasteiger partial charge in [0.1, 0.15) is 0 Å². The number of nitrogens with one attached hydrogen (secondary N) is 2. The normalized spacial score (nSPS) is 11.3. The zero-order valence-corrected chi connectivity index (χ0v) is 10.5. The highest BCUT2D eigenvalue weighted by Gasteiger charge is 2.10. The molecule has 0 aliphatic rings.